The molecule has 0 bridgehead atoms. The van der Waals surface area contributed by atoms with E-state index in [1.54, 1.807) is 0 Å². The Morgan fingerprint density at radius 1 is 1.47 bits per heavy atom. The highest BCUT2D eigenvalue weighted by molar-refractivity contribution is 4.84. The van der Waals surface area contributed by atoms with Crippen LogP contribution in [0.15, 0.2) is 0 Å². The zero-order valence-electron chi connectivity index (χ0n) is 10.8. The van der Waals surface area contributed by atoms with E-state index in [1.807, 2.05) is 0 Å². The average molecular weight is 213 g/mol. The Kier molecular flexibility index (Phi) is 5.07. The summed E-state index contributed by atoms with van der Waals surface area (Å²) in [6.45, 7) is 10.7. The molecule has 90 valence electrons. The molecule has 0 radical (unpaired) electrons. The molecule has 15 heavy (non-hydrogen) atoms. The van der Waals surface area contributed by atoms with Crippen LogP contribution in [-0.2, 0) is 4.74 Å². The average Bonchev–Trinajstić information content (AvgIpc) is 2.13. The second-order valence-corrected chi connectivity index (χ2v) is 5.68. The van der Waals surface area contributed by atoms with Crippen molar-refractivity contribution in [1.82, 2.24) is 5.32 Å². The third-order valence-corrected chi connectivity index (χ3v) is 3.30. The van der Waals surface area contributed by atoms with Gasteiger partial charge in [0, 0.05) is 18.7 Å². The van der Waals surface area contributed by atoms with Crippen LogP contribution in [0.1, 0.15) is 53.4 Å². The van der Waals surface area contributed by atoms with E-state index in [2.05, 4.69) is 33.0 Å². The van der Waals surface area contributed by atoms with E-state index in [9.17, 15) is 0 Å². The third kappa shape index (κ3) is 4.98. The number of ether oxygens (including phenoxy) is 1. The molecule has 1 N–H and O–H groups in total. The van der Waals surface area contributed by atoms with Gasteiger partial charge in [-0.3, -0.25) is 0 Å². The van der Waals surface area contributed by atoms with Gasteiger partial charge in [0.1, 0.15) is 0 Å². The highest BCUT2D eigenvalue weighted by atomic mass is 16.5. The van der Waals surface area contributed by atoms with E-state index in [0.717, 1.165) is 13.2 Å². The van der Waals surface area contributed by atoms with Crippen molar-refractivity contribution in [3.63, 3.8) is 0 Å². The van der Waals surface area contributed by atoms with Gasteiger partial charge in [-0.05, 0) is 38.5 Å². The number of hydrogen-bond donors (Lipinski definition) is 1. The maximum atomic E-state index is 5.43. The van der Waals surface area contributed by atoms with Crippen molar-refractivity contribution >= 4 is 0 Å². The fraction of sp³-hybridized carbons (Fsp3) is 1.00. The van der Waals surface area contributed by atoms with Crippen LogP contribution in [0.3, 0.4) is 0 Å². The Bertz CT molecular complexity index is 179. The van der Waals surface area contributed by atoms with Crippen LogP contribution in [0.5, 0.6) is 0 Å². The first kappa shape index (κ1) is 13.0. The number of hydrogen-bond acceptors (Lipinski definition) is 2. The van der Waals surface area contributed by atoms with Crippen LogP contribution < -0.4 is 5.32 Å². The molecule has 2 atom stereocenters. The number of rotatable bonds is 5. The molecule has 2 nitrogen and oxygen atoms in total. The van der Waals surface area contributed by atoms with E-state index < -0.39 is 0 Å². The van der Waals surface area contributed by atoms with Crippen LogP contribution in [0.25, 0.3) is 0 Å². The zero-order chi connectivity index (χ0) is 11.3. The van der Waals surface area contributed by atoms with Crippen LogP contribution >= 0.6 is 0 Å². The minimum Gasteiger partial charge on any atom is -0.380 e. The molecule has 0 aromatic carbocycles. The molecule has 0 saturated heterocycles. The molecule has 0 heterocycles. The van der Waals surface area contributed by atoms with E-state index in [-0.39, 0.29) is 0 Å². The molecule has 2 heteroatoms. The van der Waals surface area contributed by atoms with Crippen molar-refractivity contribution in [2.45, 2.75) is 65.5 Å². The van der Waals surface area contributed by atoms with E-state index in [0.29, 0.717) is 17.5 Å². The zero-order valence-corrected chi connectivity index (χ0v) is 10.8. The Morgan fingerprint density at radius 3 is 2.80 bits per heavy atom. The second-order valence-electron chi connectivity index (χ2n) is 5.68. The minimum atomic E-state index is 0.490. The highest BCUT2D eigenvalue weighted by Gasteiger charge is 2.28. The monoisotopic (exact) mass is 213 g/mol. The summed E-state index contributed by atoms with van der Waals surface area (Å²) in [6.07, 6.45) is 5.39. The lowest BCUT2D eigenvalue weighted by Crippen LogP contribution is -2.43. The normalized spacial score (nSPS) is 27.6. The van der Waals surface area contributed by atoms with Gasteiger partial charge < -0.3 is 10.1 Å². The van der Waals surface area contributed by atoms with Gasteiger partial charge in [-0.15, -0.1) is 0 Å². The quantitative estimate of drug-likeness (QED) is 0.758. The Balaban J connectivity index is 2.25. The third-order valence-electron chi connectivity index (χ3n) is 3.30. The molecular weight excluding hydrogens is 186 g/mol. The van der Waals surface area contributed by atoms with Crippen molar-refractivity contribution < 1.29 is 4.74 Å². The van der Waals surface area contributed by atoms with Gasteiger partial charge in [0.2, 0.25) is 0 Å². The van der Waals surface area contributed by atoms with Gasteiger partial charge in [0.05, 0.1) is 6.61 Å². The summed E-state index contributed by atoms with van der Waals surface area (Å²) in [5.74, 6) is 0. The van der Waals surface area contributed by atoms with Gasteiger partial charge in [0.15, 0.2) is 0 Å². The van der Waals surface area contributed by atoms with Crippen molar-refractivity contribution in [1.29, 1.82) is 0 Å². The molecule has 0 aromatic heterocycles. The van der Waals surface area contributed by atoms with E-state index >= 15 is 0 Å². The van der Waals surface area contributed by atoms with Crippen molar-refractivity contribution in [3.05, 3.63) is 0 Å². The lowest BCUT2D eigenvalue weighted by Gasteiger charge is -2.37. The summed E-state index contributed by atoms with van der Waals surface area (Å²) >= 11 is 0. The van der Waals surface area contributed by atoms with E-state index in [4.69, 9.17) is 4.74 Å². The molecule has 1 fully saturated rings. The lowest BCUT2D eigenvalue weighted by molar-refractivity contribution is 0.112. The fourth-order valence-corrected chi connectivity index (χ4v) is 2.59. The standard InChI is InChI=1S/C13H27NO/c1-5-15-10-11(2)14-12-7-6-8-13(3,4)9-12/h11-12,14H,5-10H2,1-4H3. The largest absolute Gasteiger partial charge is 0.380 e. The van der Waals surface area contributed by atoms with Crippen LogP contribution in [0, 0.1) is 5.41 Å². The maximum Gasteiger partial charge on any atom is 0.0616 e. The molecule has 1 aliphatic carbocycles. The molecule has 0 spiro atoms. The van der Waals surface area contributed by atoms with Crippen molar-refractivity contribution in [2.24, 2.45) is 5.41 Å². The molecule has 1 saturated carbocycles. The lowest BCUT2D eigenvalue weighted by atomic mass is 9.75. The van der Waals surface area contributed by atoms with Crippen LogP contribution in [-0.4, -0.2) is 25.3 Å². The molecule has 0 aromatic rings. The summed E-state index contributed by atoms with van der Waals surface area (Å²) < 4.78 is 5.43. The molecular formula is C13H27NO. The molecule has 0 amide bonds. The summed E-state index contributed by atoms with van der Waals surface area (Å²) in [6, 6.07) is 1.19. The molecule has 2 unspecified atom stereocenters. The molecule has 0 aliphatic heterocycles. The summed E-state index contributed by atoms with van der Waals surface area (Å²) in [7, 11) is 0. The molecule has 1 rings (SSSR count). The SMILES string of the molecule is CCOCC(C)NC1CCCC(C)(C)C1. The Hall–Kier alpha value is -0.0800. The smallest absolute Gasteiger partial charge is 0.0616 e. The van der Waals surface area contributed by atoms with Gasteiger partial charge in [-0.2, -0.15) is 0 Å². The predicted octanol–water partition coefficient (Wildman–Crippen LogP) is 2.97. The van der Waals surface area contributed by atoms with Crippen molar-refractivity contribution in [2.75, 3.05) is 13.2 Å². The Morgan fingerprint density at radius 2 is 2.20 bits per heavy atom. The van der Waals surface area contributed by atoms with Crippen LogP contribution in [0.2, 0.25) is 0 Å². The maximum absolute atomic E-state index is 5.43. The first-order chi connectivity index (χ1) is 7.03. The van der Waals surface area contributed by atoms with Crippen LogP contribution in [0.4, 0.5) is 0 Å². The fourth-order valence-electron chi connectivity index (χ4n) is 2.59. The predicted molar refractivity (Wildman–Crippen MR) is 65.1 cm³/mol. The van der Waals surface area contributed by atoms with Gasteiger partial charge in [-0.1, -0.05) is 20.3 Å². The second kappa shape index (κ2) is 5.86. The van der Waals surface area contributed by atoms with Crippen molar-refractivity contribution in [3.8, 4) is 0 Å². The number of nitrogens with one attached hydrogen (secondary N) is 1. The summed E-state index contributed by atoms with van der Waals surface area (Å²) in [4.78, 5) is 0. The first-order valence-corrected chi connectivity index (χ1v) is 6.37. The Labute approximate surface area is 94.8 Å². The minimum absolute atomic E-state index is 0.490. The topological polar surface area (TPSA) is 21.3 Å². The highest BCUT2D eigenvalue weighted by Crippen LogP contribution is 2.35. The summed E-state index contributed by atoms with van der Waals surface area (Å²) in [5.41, 5.74) is 0.529. The van der Waals surface area contributed by atoms with Gasteiger partial charge in [0.25, 0.3) is 0 Å². The van der Waals surface area contributed by atoms with E-state index in [1.165, 1.54) is 25.7 Å². The van der Waals surface area contributed by atoms with Gasteiger partial charge >= 0.3 is 0 Å². The first-order valence-electron chi connectivity index (χ1n) is 6.37. The summed E-state index contributed by atoms with van der Waals surface area (Å²) in [5, 5.41) is 3.68. The van der Waals surface area contributed by atoms with Gasteiger partial charge in [-0.25, -0.2) is 0 Å². The molecule has 1 aliphatic rings.